The van der Waals surface area contributed by atoms with Gasteiger partial charge in [0.05, 0.1) is 18.2 Å². The molecule has 1 aromatic heterocycles. The maximum atomic E-state index is 15.5. The number of benzene rings is 2. The van der Waals surface area contributed by atoms with E-state index in [1.54, 1.807) is 55.9 Å². The van der Waals surface area contributed by atoms with Gasteiger partial charge in [-0.3, -0.25) is 14.6 Å². The molecule has 2 unspecified atom stereocenters. The van der Waals surface area contributed by atoms with Crippen LogP contribution in [-0.2, 0) is 37.6 Å². The Morgan fingerprint density at radius 3 is 2.41 bits per heavy atom. The van der Waals surface area contributed by atoms with E-state index in [-0.39, 0.29) is 37.1 Å². The number of aromatic nitrogens is 1. The van der Waals surface area contributed by atoms with Crippen molar-refractivity contribution in [1.29, 1.82) is 0 Å². The number of methoxy groups -OCH3 is 1. The third-order valence-electron chi connectivity index (χ3n) is 8.83. The Bertz CT molecular complexity index is 1520. The number of rotatable bonds is 12. The lowest BCUT2D eigenvalue weighted by Crippen LogP contribution is -2.52. The van der Waals surface area contributed by atoms with E-state index in [0.717, 1.165) is 30.4 Å². The molecule has 4 atom stereocenters. The summed E-state index contributed by atoms with van der Waals surface area (Å²) in [5.41, 5.74) is 1.34. The first-order valence-corrected chi connectivity index (χ1v) is 17.2. The summed E-state index contributed by atoms with van der Waals surface area (Å²) in [4.78, 5) is 32.9. The predicted molar refractivity (Wildman–Crippen MR) is 179 cm³/mol. The van der Waals surface area contributed by atoms with Crippen LogP contribution in [0.3, 0.4) is 0 Å². The molecule has 0 radical (unpaired) electrons. The third-order valence-corrected chi connectivity index (χ3v) is 10.7. The lowest BCUT2D eigenvalue weighted by Gasteiger charge is -2.39. The smallest absolute Gasteiger partial charge is 0.247 e. The van der Waals surface area contributed by atoms with Crippen LogP contribution in [0.1, 0.15) is 69.6 Å². The molecule has 11 heteroatoms. The molecule has 3 aromatic rings. The van der Waals surface area contributed by atoms with Crippen LogP contribution in [0.25, 0.3) is 0 Å². The number of nitrogens with zero attached hydrogens (tertiary/aromatic N) is 2. The van der Waals surface area contributed by atoms with Crippen molar-refractivity contribution < 1.29 is 23.3 Å². The van der Waals surface area contributed by atoms with Crippen LogP contribution in [-0.4, -0.2) is 56.8 Å². The SMILES string of the molecule is CO[C@@H]1C[C@H](C(=O)Nc2cc(C(CCC3CC3)(N[S+]([O-])C(C)(C)C)c3ccncc3)ccc2F)N(C(=O)Cc2ccc(Cl)cc2)C1. The zero-order valence-corrected chi connectivity index (χ0v) is 28.3. The van der Waals surface area contributed by atoms with Gasteiger partial charge in [0.15, 0.2) is 0 Å². The largest absolute Gasteiger partial charge is 0.598 e. The van der Waals surface area contributed by atoms with E-state index in [9.17, 15) is 14.1 Å². The van der Waals surface area contributed by atoms with Gasteiger partial charge in [-0.25, -0.2) is 4.39 Å². The Morgan fingerprint density at radius 2 is 1.78 bits per heavy atom. The van der Waals surface area contributed by atoms with Crippen LogP contribution in [0, 0.1) is 11.7 Å². The van der Waals surface area contributed by atoms with E-state index in [1.807, 2.05) is 32.9 Å². The van der Waals surface area contributed by atoms with Crippen molar-refractivity contribution in [2.24, 2.45) is 5.92 Å². The first kappa shape index (κ1) is 34.3. The summed E-state index contributed by atoms with van der Waals surface area (Å²) in [6.07, 6.45) is 7.23. The summed E-state index contributed by atoms with van der Waals surface area (Å²) in [6.45, 7) is 5.96. The second-order valence-electron chi connectivity index (χ2n) is 13.2. The van der Waals surface area contributed by atoms with Crippen molar-refractivity contribution in [3.8, 4) is 0 Å². The predicted octanol–water partition coefficient (Wildman–Crippen LogP) is 6.16. The van der Waals surface area contributed by atoms with Gasteiger partial charge < -0.3 is 19.5 Å². The number of carbonyl (C=O) groups excluding carboxylic acids is 2. The average molecular weight is 669 g/mol. The number of hydrogen-bond acceptors (Lipinski definition) is 6. The number of likely N-dealkylation sites (tertiary alicyclic amines) is 1. The Labute approximate surface area is 278 Å². The van der Waals surface area contributed by atoms with Gasteiger partial charge in [0.2, 0.25) is 11.8 Å². The van der Waals surface area contributed by atoms with Gasteiger partial charge in [-0.05, 0) is 92.6 Å². The summed E-state index contributed by atoms with van der Waals surface area (Å²) in [5.74, 6) is -0.765. The van der Waals surface area contributed by atoms with Crippen molar-refractivity contribution in [3.05, 3.63) is 94.5 Å². The highest BCUT2D eigenvalue weighted by atomic mass is 35.5. The fourth-order valence-corrected chi connectivity index (χ4v) is 6.96. The molecule has 0 spiro atoms. The van der Waals surface area contributed by atoms with Crippen molar-refractivity contribution in [3.63, 3.8) is 0 Å². The van der Waals surface area contributed by atoms with E-state index in [0.29, 0.717) is 22.9 Å². The number of anilines is 1. The topological polar surface area (TPSA) is 107 Å². The maximum Gasteiger partial charge on any atom is 0.247 e. The molecule has 1 aliphatic heterocycles. The standard InChI is InChI=1S/C35H42ClFN4O4S/c1-34(2,3)46(44)40-35(16-13-23-5-6-23,25-14-17-38-18-15-25)26-9-12-29(37)30(20-26)39-33(43)31-21-28(45-4)22-41(31)32(42)19-24-7-10-27(36)11-8-24/h7-12,14-15,17-18,20,23,28,31,40H,5-6,13,16,19,21-22H2,1-4H3,(H,39,43)/t28-,31-,35?,46?/m1/s1. The van der Waals surface area contributed by atoms with Gasteiger partial charge in [0, 0.05) is 48.9 Å². The second-order valence-corrected chi connectivity index (χ2v) is 15.7. The van der Waals surface area contributed by atoms with Crippen LogP contribution in [0.5, 0.6) is 0 Å². The van der Waals surface area contributed by atoms with E-state index in [4.69, 9.17) is 16.3 Å². The molecule has 0 bridgehead atoms. The molecule has 2 N–H and O–H groups in total. The lowest BCUT2D eigenvalue weighted by molar-refractivity contribution is -0.136. The summed E-state index contributed by atoms with van der Waals surface area (Å²) >= 11 is 4.53. The average Bonchev–Trinajstić information content (AvgIpc) is 3.76. The highest BCUT2D eigenvalue weighted by Crippen LogP contribution is 2.43. The number of amides is 2. The normalized spacial score (nSPS) is 20.3. The van der Waals surface area contributed by atoms with Crippen LogP contribution in [0.2, 0.25) is 5.02 Å². The lowest BCUT2D eigenvalue weighted by atomic mass is 9.79. The summed E-state index contributed by atoms with van der Waals surface area (Å²) in [6, 6.07) is 14.5. The number of carbonyl (C=O) groups is 2. The fraction of sp³-hybridized carbons (Fsp3) is 0.457. The molecule has 2 aromatic carbocycles. The third kappa shape index (κ3) is 8.09. The fourth-order valence-electron chi connectivity index (χ4n) is 5.87. The molecular formula is C35H42ClFN4O4S. The Kier molecular flexibility index (Phi) is 10.7. The molecule has 1 saturated carbocycles. The second kappa shape index (κ2) is 14.4. The minimum absolute atomic E-state index is 0.0124. The van der Waals surface area contributed by atoms with Gasteiger partial charge in [0.25, 0.3) is 0 Å². The van der Waals surface area contributed by atoms with Gasteiger partial charge in [-0.15, -0.1) is 4.72 Å². The molecule has 246 valence electrons. The molecular weight excluding hydrogens is 627 g/mol. The summed E-state index contributed by atoms with van der Waals surface area (Å²) < 4.78 is 37.6. The van der Waals surface area contributed by atoms with E-state index >= 15 is 4.39 Å². The minimum Gasteiger partial charge on any atom is -0.598 e. The van der Waals surface area contributed by atoms with Crippen LogP contribution < -0.4 is 10.0 Å². The molecule has 8 nitrogen and oxygen atoms in total. The van der Waals surface area contributed by atoms with Crippen LogP contribution in [0.4, 0.5) is 10.1 Å². The van der Waals surface area contributed by atoms with Gasteiger partial charge in [-0.2, -0.15) is 0 Å². The molecule has 1 aliphatic carbocycles. The first-order valence-electron chi connectivity index (χ1n) is 15.7. The molecule has 1 saturated heterocycles. The Balaban J connectivity index is 1.45. The monoisotopic (exact) mass is 668 g/mol. The van der Waals surface area contributed by atoms with Crippen LogP contribution in [0.15, 0.2) is 67.0 Å². The van der Waals surface area contributed by atoms with Gasteiger partial charge >= 0.3 is 0 Å². The van der Waals surface area contributed by atoms with Crippen molar-refractivity contribution >= 4 is 40.5 Å². The highest BCUT2D eigenvalue weighted by Gasteiger charge is 2.44. The molecule has 2 fully saturated rings. The molecule has 2 amide bonds. The maximum absolute atomic E-state index is 15.5. The van der Waals surface area contributed by atoms with Crippen molar-refractivity contribution in [2.75, 3.05) is 19.0 Å². The van der Waals surface area contributed by atoms with Gasteiger partial charge in [0.1, 0.15) is 22.1 Å². The van der Waals surface area contributed by atoms with Gasteiger partial charge in [-0.1, -0.05) is 42.6 Å². The number of ether oxygens (including phenoxy) is 1. The summed E-state index contributed by atoms with van der Waals surface area (Å²) in [7, 11) is 1.55. The van der Waals surface area contributed by atoms with E-state index in [2.05, 4.69) is 15.0 Å². The van der Waals surface area contributed by atoms with E-state index < -0.39 is 39.4 Å². The quantitative estimate of drug-likeness (QED) is 0.224. The molecule has 2 heterocycles. The van der Waals surface area contributed by atoms with Crippen molar-refractivity contribution in [1.82, 2.24) is 14.6 Å². The number of hydrogen-bond donors (Lipinski definition) is 2. The van der Waals surface area contributed by atoms with Crippen molar-refractivity contribution in [2.45, 2.75) is 81.7 Å². The zero-order chi connectivity index (χ0) is 33.1. The summed E-state index contributed by atoms with van der Waals surface area (Å²) in [5, 5.41) is 3.35. The number of halogens is 2. The van der Waals surface area contributed by atoms with E-state index in [1.165, 1.54) is 11.0 Å². The van der Waals surface area contributed by atoms with Crippen LogP contribution >= 0.6 is 11.6 Å². The Hall–Kier alpha value is -3.02. The molecule has 46 heavy (non-hydrogen) atoms. The highest BCUT2D eigenvalue weighted by molar-refractivity contribution is 7.90. The Morgan fingerprint density at radius 1 is 1.09 bits per heavy atom. The number of pyridine rings is 1. The zero-order valence-electron chi connectivity index (χ0n) is 26.7. The molecule has 2 aliphatic rings. The minimum atomic E-state index is -1.48. The number of nitrogens with one attached hydrogen (secondary N) is 2. The molecule has 5 rings (SSSR count). The first-order chi connectivity index (χ1) is 21.9.